The van der Waals surface area contributed by atoms with Gasteiger partial charge in [0, 0.05) is 12.1 Å². The molecular weight excluding hydrogens is 488 g/mol. The third-order valence-electron chi connectivity index (χ3n) is 7.06. The van der Waals surface area contributed by atoms with Crippen molar-refractivity contribution in [1.29, 1.82) is 0 Å². The van der Waals surface area contributed by atoms with Crippen LogP contribution in [-0.4, -0.2) is 32.0 Å². The first kappa shape index (κ1) is 23.4. The maximum absolute atomic E-state index is 14.1. The summed E-state index contributed by atoms with van der Waals surface area (Å²) in [5.74, 6) is -2.57. The highest BCUT2D eigenvalue weighted by Crippen LogP contribution is 2.51. The Labute approximate surface area is 217 Å². The molecule has 2 heterocycles. The number of ether oxygens (including phenoxy) is 2. The molecule has 0 saturated carbocycles. The van der Waals surface area contributed by atoms with Crippen LogP contribution in [0.4, 0.5) is 0 Å². The first-order valence-electron chi connectivity index (χ1n) is 12.0. The summed E-state index contributed by atoms with van der Waals surface area (Å²) < 4.78 is 12.6. The zero-order valence-corrected chi connectivity index (χ0v) is 19.8. The van der Waals surface area contributed by atoms with Crippen molar-refractivity contribution in [2.75, 3.05) is 0 Å². The molecule has 4 N–H and O–H groups in total. The van der Waals surface area contributed by atoms with Crippen molar-refractivity contribution in [3.63, 3.8) is 0 Å². The maximum atomic E-state index is 14.1. The van der Waals surface area contributed by atoms with E-state index in [1.54, 1.807) is 24.3 Å². The number of hydrogen-bond donors (Lipinski definition) is 4. The van der Waals surface area contributed by atoms with E-state index >= 15 is 0 Å². The van der Waals surface area contributed by atoms with Gasteiger partial charge in [-0.3, -0.25) is 9.59 Å². The SMILES string of the molecule is O=C1c2ccc(O)cc2O[C@@H](c2ccc(O)cc2)[C@@H]1[C@@H]1C(=O)c2ccc(O)cc2O[C@H]1c1ccc(O)cc1. The molecule has 38 heavy (non-hydrogen) atoms. The number of benzene rings is 4. The molecule has 2 aliphatic heterocycles. The molecule has 0 radical (unpaired) electrons. The van der Waals surface area contributed by atoms with Gasteiger partial charge in [-0.1, -0.05) is 24.3 Å². The van der Waals surface area contributed by atoms with Crippen LogP contribution in [0.15, 0.2) is 84.9 Å². The Hall–Kier alpha value is -4.98. The second kappa shape index (κ2) is 8.85. The molecule has 0 spiro atoms. The molecule has 0 bridgehead atoms. The monoisotopic (exact) mass is 510 g/mol. The van der Waals surface area contributed by atoms with Crippen molar-refractivity contribution in [1.82, 2.24) is 0 Å². The number of Topliss-reactive ketones (excluding diaryl/α,β-unsaturated/α-hetero) is 2. The molecule has 8 heteroatoms. The van der Waals surface area contributed by atoms with Crippen LogP contribution in [0, 0.1) is 11.8 Å². The Kier molecular flexibility index (Phi) is 5.45. The van der Waals surface area contributed by atoms with Gasteiger partial charge in [0.15, 0.2) is 11.6 Å². The minimum atomic E-state index is -1.05. The summed E-state index contributed by atoms with van der Waals surface area (Å²) in [5.41, 5.74) is 1.53. The van der Waals surface area contributed by atoms with Gasteiger partial charge in [0.2, 0.25) is 0 Å². The highest BCUT2D eigenvalue weighted by Gasteiger charge is 2.52. The van der Waals surface area contributed by atoms with Crippen LogP contribution in [0.25, 0.3) is 0 Å². The molecule has 4 aromatic rings. The van der Waals surface area contributed by atoms with Crippen molar-refractivity contribution in [3.05, 3.63) is 107 Å². The minimum absolute atomic E-state index is 0.0262. The van der Waals surface area contributed by atoms with Gasteiger partial charge in [0.1, 0.15) is 46.7 Å². The molecule has 8 nitrogen and oxygen atoms in total. The largest absolute Gasteiger partial charge is 0.508 e. The molecule has 0 saturated heterocycles. The Bertz CT molecular complexity index is 1440. The van der Waals surface area contributed by atoms with Gasteiger partial charge < -0.3 is 29.9 Å². The Morgan fingerprint density at radius 1 is 0.474 bits per heavy atom. The van der Waals surface area contributed by atoms with E-state index in [0.717, 1.165) is 0 Å². The smallest absolute Gasteiger partial charge is 0.174 e. The standard InChI is InChI=1S/C30H22O8/c31-17-5-1-15(2-6-17)29-25(27(35)21-11-9-19(33)13-23(21)37-29)26-28(36)22-12-10-20(34)14-24(22)38-30(26)16-3-7-18(32)8-4-16/h1-14,25-26,29-34H/t25-,26-,29+,30+/m1/s1. The lowest BCUT2D eigenvalue weighted by molar-refractivity contribution is 0.0135. The van der Waals surface area contributed by atoms with E-state index in [4.69, 9.17) is 9.47 Å². The van der Waals surface area contributed by atoms with E-state index in [0.29, 0.717) is 11.1 Å². The van der Waals surface area contributed by atoms with E-state index in [1.165, 1.54) is 60.7 Å². The summed E-state index contributed by atoms with van der Waals surface area (Å²) in [6, 6.07) is 20.7. The average molecular weight is 510 g/mol. The van der Waals surface area contributed by atoms with Gasteiger partial charge in [-0.25, -0.2) is 0 Å². The van der Waals surface area contributed by atoms with Crippen molar-refractivity contribution >= 4 is 11.6 Å². The van der Waals surface area contributed by atoms with E-state index in [2.05, 4.69) is 0 Å². The molecule has 6 rings (SSSR count). The van der Waals surface area contributed by atoms with Crippen LogP contribution in [0.3, 0.4) is 0 Å². The zero-order valence-electron chi connectivity index (χ0n) is 19.8. The van der Waals surface area contributed by atoms with Gasteiger partial charge in [0.25, 0.3) is 0 Å². The van der Waals surface area contributed by atoms with E-state index < -0.39 is 24.0 Å². The molecule has 0 aromatic heterocycles. The van der Waals surface area contributed by atoms with Crippen LogP contribution < -0.4 is 9.47 Å². The van der Waals surface area contributed by atoms with Crippen molar-refractivity contribution in [2.45, 2.75) is 12.2 Å². The zero-order chi connectivity index (χ0) is 26.6. The molecule has 190 valence electrons. The molecule has 0 fully saturated rings. The number of aromatic hydroxyl groups is 4. The average Bonchev–Trinajstić information content (AvgIpc) is 2.90. The lowest BCUT2D eigenvalue weighted by atomic mass is 9.70. The molecule has 0 aliphatic carbocycles. The van der Waals surface area contributed by atoms with Gasteiger partial charge in [-0.05, 0) is 59.7 Å². The van der Waals surface area contributed by atoms with Crippen LogP contribution in [0.5, 0.6) is 34.5 Å². The predicted molar refractivity (Wildman–Crippen MR) is 135 cm³/mol. The Morgan fingerprint density at radius 2 is 0.816 bits per heavy atom. The van der Waals surface area contributed by atoms with Crippen LogP contribution >= 0.6 is 0 Å². The van der Waals surface area contributed by atoms with Gasteiger partial charge in [-0.2, -0.15) is 0 Å². The summed E-state index contributed by atoms with van der Waals surface area (Å²) in [5, 5.41) is 39.8. The quantitative estimate of drug-likeness (QED) is 0.300. The minimum Gasteiger partial charge on any atom is -0.508 e. The van der Waals surface area contributed by atoms with E-state index in [1.807, 2.05) is 0 Å². The van der Waals surface area contributed by atoms with Crippen molar-refractivity contribution in [2.24, 2.45) is 11.8 Å². The molecule has 0 unspecified atom stereocenters. The van der Waals surface area contributed by atoms with Gasteiger partial charge >= 0.3 is 0 Å². The van der Waals surface area contributed by atoms with Gasteiger partial charge in [0.05, 0.1) is 23.0 Å². The second-order valence-electron chi connectivity index (χ2n) is 9.40. The topological polar surface area (TPSA) is 134 Å². The number of fused-ring (bicyclic) bond motifs is 2. The molecule has 0 amide bonds. The molecule has 4 aromatic carbocycles. The highest BCUT2D eigenvalue weighted by atomic mass is 16.5. The van der Waals surface area contributed by atoms with Crippen molar-refractivity contribution < 1.29 is 39.5 Å². The van der Waals surface area contributed by atoms with E-state index in [9.17, 15) is 30.0 Å². The second-order valence-corrected chi connectivity index (χ2v) is 9.40. The summed E-state index contributed by atoms with van der Waals surface area (Å²) in [6.07, 6.45) is -1.90. The fourth-order valence-corrected chi connectivity index (χ4v) is 5.26. The number of ketones is 2. The fraction of sp³-hybridized carbons (Fsp3) is 0.133. The van der Waals surface area contributed by atoms with Crippen LogP contribution in [0.2, 0.25) is 0 Å². The third kappa shape index (κ3) is 3.87. The molecular formula is C30H22O8. The Balaban J connectivity index is 1.55. The number of carbonyl (C=O) groups excluding carboxylic acids is 2. The summed E-state index contributed by atoms with van der Waals surface area (Å²) in [7, 11) is 0. The number of rotatable bonds is 3. The van der Waals surface area contributed by atoms with Crippen LogP contribution in [0.1, 0.15) is 44.1 Å². The van der Waals surface area contributed by atoms with Crippen molar-refractivity contribution in [3.8, 4) is 34.5 Å². The number of phenolic OH excluding ortho intramolecular Hbond substituents is 4. The highest BCUT2D eigenvalue weighted by molar-refractivity contribution is 6.09. The number of hydrogen-bond acceptors (Lipinski definition) is 8. The van der Waals surface area contributed by atoms with E-state index in [-0.39, 0.29) is 57.2 Å². The lowest BCUT2D eigenvalue weighted by Gasteiger charge is -2.42. The lowest BCUT2D eigenvalue weighted by Crippen LogP contribution is -2.45. The first-order chi connectivity index (χ1) is 18.3. The summed E-state index contributed by atoms with van der Waals surface area (Å²) in [6.45, 7) is 0. The fourth-order valence-electron chi connectivity index (χ4n) is 5.26. The number of carbonyl (C=O) groups is 2. The molecule has 2 aliphatic rings. The predicted octanol–water partition coefficient (Wildman–Crippen LogP) is 5.07. The summed E-state index contributed by atoms with van der Waals surface area (Å²) in [4.78, 5) is 28.2. The summed E-state index contributed by atoms with van der Waals surface area (Å²) >= 11 is 0. The third-order valence-corrected chi connectivity index (χ3v) is 7.06. The van der Waals surface area contributed by atoms with Crippen LogP contribution in [-0.2, 0) is 0 Å². The van der Waals surface area contributed by atoms with Gasteiger partial charge in [-0.15, -0.1) is 0 Å². The normalized spacial score (nSPS) is 22.1. The first-order valence-corrected chi connectivity index (χ1v) is 12.0. The number of phenols is 4. The Morgan fingerprint density at radius 3 is 1.18 bits per heavy atom. The maximum Gasteiger partial charge on any atom is 0.174 e. The molecule has 4 atom stereocenters.